The first-order chi connectivity index (χ1) is 8.56. The molecule has 1 rings (SSSR count). The summed E-state index contributed by atoms with van der Waals surface area (Å²) in [5, 5.41) is 2.85. The first-order valence-corrected chi connectivity index (χ1v) is 6.03. The van der Waals surface area contributed by atoms with E-state index in [1.807, 2.05) is 13.8 Å². The van der Waals surface area contributed by atoms with E-state index in [0.717, 1.165) is 0 Å². The van der Waals surface area contributed by atoms with Crippen LogP contribution in [0, 0.1) is 0 Å². The lowest BCUT2D eigenvalue weighted by Crippen LogP contribution is -2.26. The largest absolute Gasteiger partial charge is 0.466 e. The van der Waals surface area contributed by atoms with Crippen LogP contribution in [0.2, 0.25) is 0 Å². The summed E-state index contributed by atoms with van der Waals surface area (Å²) in [5.74, 6) is -0.0272. The second-order valence-corrected chi connectivity index (χ2v) is 4.06. The molecule has 0 radical (unpaired) electrons. The summed E-state index contributed by atoms with van der Waals surface area (Å²) >= 11 is 0. The molecule has 0 aliphatic heterocycles. The predicted octanol–water partition coefficient (Wildman–Crippen LogP) is 1.19. The van der Waals surface area contributed by atoms with Gasteiger partial charge in [0.05, 0.1) is 13.0 Å². The van der Waals surface area contributed by atoms with Gasteiger partial charge in [0.25, 0.3) is 5.56 Å². The topological polar surface area (TPSA) is 73.2 Å². The molecule has 0 aliphatic carbocycles. The number of rotatable bonds is 6. The smallest absolute Gasteiger partial charge is 0.307 e. The second-order valence-electron chi connectivity index (χ2n) is 4.06. The maximum absolute atomic E-state index is 11.9. The Kier molecular flexibility index (Phi) is 5.35. The molecule has 18 heavy (non-hydrogen) atoms. The normalized spacial score (nSPS) is 10.4. The summed E-state index contributed by atoms with van der Waals surface area (Å²) < 4.78 is 6.37. The van der Waals surface area contributed by atoms with Crippen LogP contribution in [0.25, 0.3) is 0 Å². The van der Waals surface area contributed by atoms with Gasteiger partial charge in [-0.25, -0.2) is 4.98 Å². The number of nitrogens with one attached hydrogen (secondary N) is 1. The van der Waals surface area contributed by atoms with Crippen molar-refractivity contribution in [2.45, 2.75) is 33.2 Å². The van der Waals surface area contributed by atoms with Crippen molar-refractivity contribution in [1.29, 1.82) is 0 Å². The third-order valence-electron chi connectivity index (χ3n) is 2.35. The summed E-state index contributed by atoms with van der Waals surface area (Å²) in [6.07, 6.45) is 3.42. The standard InChI is InChI=1S/C12H19N3O3/c1-4-18-10(16)5-6-13-11-12(17)15(9(2)3)8-7-14-11/h7-9H,4-6H2,1-3H3,(H,13,14). The van der Waals surface area contributed by atoms with E-state index in [-0.39, 0.29) is 29.8 Å². The Bertz CT molecular complexity index is 454. The van der Waals surface area contributed by atoms with Crippen molar-refractivity contribution in [3.8, 4) is 0 Å². The number of esters is 1. The Hall–Kier alpha value is -1.85. The Balaban J connectivity index is 2.61. The summed E-state index contributed by atoms with van der Waals surface area (Å²) in [4.78, 5) is 27.0. The van der Waals surface area contributed by atoms with Gasteiger partial charge in [0.15, 0.2) is 5.82 Å². The van der Waals surface area contributed by atoms with Crippen LogP contribution >= 0.6 is 0 Å². The SMILES string of the molecule is CCOC(=O)CCNc1nccn(C(C)C)c1=O. The second kappa shape index (κ2) is 6.78. The molecule has 0 saturated carbocycles. The van der Waals surface area contributed by atoms with Gasteiger partial charge >= 0.3 is 5.97 Å². The Morgan fingerprint density at radius 2 is 2.28 bits per heavy atom. The van der Waals surface area contributed by atoms with Crippen LogP contribution in [0.3, 0.4) is 0 Å². The Labute approximate surface area is 106 Å². The van der Waals surface area contributed by atoms with E-state index >= 15 is 0 Å². The van der Waals surface area contributed by atoms with Gasteiger partial charge in [-0.3, -0.25) is 9.59 Å². The van der Waals surface area contributed by atoms with E-state index in [1.54, 1.807) is 23.9 Å². The van der Waals surface area contributed by atoms with E-state index in [2.05, 4.69) is 10.3 Å². The van der Waals surface area contributed by atoms with Crippen LogP contribution in [0.15, 0.2) is 17.2 Å². The monoisotopic (exact) mass is 253 g/mol. The molecule has 6 heteroatoms. The van der Waals surface area contributed by atoms with Crippen LogP contribution < -0.4 is 10.9 Å². The van der Waals surface area contributed by atoms with Crippen molar-refractivity contribution in [3.05, 3.63) is 22.7 Å². The molecule has 0 amide bonds. The van der Waals surface area contributed by atoms with Crippen molar-refractivity contribution >= 4 is 11.8 Å². The fraction of sp³-hybridized carbons (Fsp3) is 0.583. The van der Waals surface area contributed by atoms with E-state index in [4.69, 9.17) is 4.74 Å². The lowest BCUT2D eigenvalue weighted by molar-refractivity contribution is -0.142. The fourth-order valence-corrected chi connectivity index (χ4v) is 1.47. The average molecular weight is 253 g/mol. The van der Waals surface area contributed by atoms with Crippen molar-refractivity contribution < 1.29 is 9.53 Å². The molecule has 0 fully saturated rings. The molecule has 0 saturated heterocycles. The minimum absolute atomic E-state index is 0.0751. The molecule has 6 nitrogen and oxygen atoms in total. The maximum Gasteiger partial charge on any atom is 0.307 e. The third-order valence-corrected chi connectivity index (χ3v) is 2.35. The number of aromatic nitrogens is 2. The maximum atomic E-state index is 11.9. The quantitative estimate of drug-likeness (QED) is 0.771. The summed E-state index contributed by atoms with van der Waals surface area (Å²) in [6.45, 7) is 6.30. The van der Waals surface area contributed by atoms with Crippen LogP contribution in [-0.4, -0.2) is 28.7 Å². The minimum Gasteiger partial charge on any atom is -0.466 e. The number of anilines is 1. The van der Waals surface area contributed by atoms with Crippen LogP contribution in [0.5, 0.6) is 0 Å². The van der Waals surface area contributed by atoms with Crippen molar-refractivity contribution in [1.82, 2.24) is 9.55 Å². The molecule has 1 aromatic heterocycles. The first-order valence-electron chi connectivity index (χ1n) is 6.03. The van der Waals surface area contributed by atoms with E-state index in [0.29, 0.717) is 13.2 Å². The molecule has 1 N–H and O–H groups in total. The number of hydrogen-bond acceptors (Lipinski definition) is 5. The average Bonchev–Trinajstić information content (AvgIpc) is 2.31. The summed E-state index contributed by atoms with van der Waals surface area (Å²) in [5.41, 5.74) is -0.184. The summed E-state index contributed by atoms with van der Waals surface area (Å²) in [6, 6.07) is 0.0751. The zero-order valence-electron chi connectivity index (χ0n) is 11.0. The van der Waals surface area contributed by atoms with Crippen LogP contribution in [0.1, 0.15) is 33.2 Å². The van der Waals surface area contributed by atoms with Gasteiger partial charge in [0.1, 0.15) is 0 Å². The van der Waals surface area contributed by atoms with E-state index in [1.165, 1.54) is 0 Å². The van der Waals surface area contributed by atoms with Gasteiger partial charge in [-0.15, -0.1) is 0 Å². The van der Waals surface area contributed by atoms with Crippen molar-refractivity contribution in [2.24, 2.45) is 0 Å². The van der Waals surface area contributed by atoms with Crippen molar-refractivity contribution in [3.63, 3.8) is 0 Å². The Morgan fingerprint density at radius 1 is 1.56 bits per heavy atom. The van der Waals surface area contributed by atoms with Gasteiger partial charge in [0, 0.05) is 25.0 Å². The van der Waals surface area contributed by atoms with Gasteiger partial charge < -0.3 is 14.6 Å². The molecular weight excluding hydrogens is 234 g/mol. The number of carbonyl (C=O) groups excluding carboxylic acids is 1. The molecule has 0 spiro atoms. The molecular formula is C12H19N3O3. The molecule has 1 heterocycles. The lowest BCUT2D eigenvalue weighted by atomic mass is 10.4. The summed E-state index contributed by atoms with van der Waals surface area (Å²) in [7, 11) is 0. The highest BCUT2D eigenvalue weighted by atomic mass is 16.5. The molecule has 100 valence electrons. The number of carbonyl (C=O) groups is 1. The fourth-order valence-electron chi connectivity index (χ4n) is 1.47. The highest BCUT2D eigenvalue weighted by Gasteiger charge is 2.07. The van der Waals surface area contributed by atoms with Crippen molar-refractivity contribution in [2.75, 3.05) is 18.5 Å². The van der Waals surface area contributed by atoms with Gasteiger partial charge in [-0.1, -0.05) is 0 Å². The molecule has 0 bridgehead atoms. The number of ether oxygens (including phenoxy) is 1. The molecule has 0 aromatic carbocycles. The highest BCUT2D eigenvalue weighted by molar-refractivity contribution is 5.69. The first kappa shape index (κ1) is 14.2. The van der Waals surface area contributed by atoms with Gasteiger partial charge in [0.2, 0.25) is 0 Å². The predicted molar refractivity (Wildman–Crippen MR) is 68.6 cm³/mol. The van der Waals surface area contributed by atoms with E-state index in [9.17, 15) is 9.59 Å². The zero-order chi connectivity index (χ0) is 13.5. The van der Waals surface area contributed by atoms with Crippen LogP contribution in [-0.2, 0) is 9.53 Å². The molecule has 0 unspecified atom stereocenters. The Morgan fingerprint density at radius 3 is 2.89 bits per heavy atom. The number of hydrogen-bond donors (Lipinski definition) is 1. The number of nitrogens with zero attached hydrogens (tertiary/aromatic N) is 2. The third kappa shape index (κ3) is 3.87. The molecule has 0 aliphatic rings. The molecule has 0 atom stereocenters. The zero-order valence-corrected chi connectivity index (χ0v) is 11.0. The highest BCUT2D eigenvalue weighted by Crippen LogP contribution is 2.01. The van der Waals surface area contributed by atoms with Gasteiger partial charge in [-0.05, 0) is 20.8 Å². The molecule has 1 aromatic rings. The van der Waals surface area contributed by atoms with E-state index < -0.39 is 0 Å². The lowest BCUT2D eigenvalue weighted by Gasteiger charge is -2.11. The van der Waals surface area contributed by atoms with Crippen LogP contribution in [0.4, 0.5) is 5.82 Å². The minimum atomic E-state index is -0.287. The van der Waals surface area contributed by atoms with Gasteiger partial charge in [-0.2, -0.15) is 0 Å².